The zero-order valence-electron chi connectivity index (χ0n) is 18.6. The van der Waals surface area contributed by atoms with Crippen molar-refractivity contribution in [1.29, 1.82) is 0 Å². The number of nitrogens with zero attached hydrogens (tertiary/aromatic N) is 3. The van der Waals surface area contributed by atoms with E-state index in [2.05, 4.69) is 5.32 Å². The third-order valence-electron chi connectivity index (χ3n) is 6.33. The largest absolute Gasteiger partial charge is 0.417 e. The number of piperazine rings is 1. The first-order valence-electron chi connectivity index (χ1n) is 10.9. The summed E-state index contributed by atoms with van der Waals surface area (Å²) in [7, 11) is -4.80. The molecule has 4 rings (SSSR count). The lowest BCUT2D eigenvalue weighted by Gasteiger charge is -2.43. The van der Waals surface area contributed by atoms with E-state index >= 15 is 0 Å². The lowest BCUT2D eigenvalue weighted by atomic mass is 10.0. The molecular formula is C20H22F6N4O5S. The van der Waals surface area contributed by atoms with Crippen LogP contribution in [0.3, 0.4) is 0 Å². The smallest absolute Gasteiger partial charge is 0.366 e. The number of urea groups is 1. The number of benzene rings is 1. The second-order valence-electron chi connectivity index (χ2n) is 8.64. The number of hydrogen-bond acceptors (Lipinski definition) is 5. The van der Waals surface area contributed by atoms with Gasteiger partial charge in [-0.1, -0.05) is 0 Å². The van der Waals surface area contributed by atoms with Crippen LogP contribution in [-0.4, -0.2) is 92.5 Å². The number of likely N-dealkylation sites (tertiary alicyclic amines) is 1. The summed E-state index contributed by atoms with van der Waals surface area (Å²) < 4.78 is 111. The molecule has 1 N–H and O–H groups in total. The summed E-state index contributed by atoms with van der Waals surface area (Å²) in [5.74, 6) is -0.300. The predicted molar refractivity (Wildman–Crippen MR) is 110 cm³/mol. The van der Waals surface area contributed by atoms with E-state index in [9.17, 15) is 44.3 Å². The maximum atomic E-state index is 13.5. The van der Waals surface area contributed by atoms with Gasteiger partial charge in [-0.25, -0.2) is 13.2 Å². The second-order valence-corrected chi connectivity index (χ2v) is 10.5. The Bertz CT molecular complexity index is 1130. The molecule has 1 aromatic rings. The van der Waals surface area contributed by atoms with Gasteiger partial charge in [0.25, 0.3) is 0 Å². The van der Waals surface area contributed by atoms with Gasteiger partial charge in [-0.05, 0) is 24.6 Å². The van der Waals surface area contributed by atoms with Crippen LogP contribution in [0.25, 0.3) is 0 Å². The van der Waals surface area contributed by atoms with E-state index in [0.717, 1.165) is 4.31 Å². The Balaban J connectivity index is 1.45. The zero-order chi connectivity index (χ0) is 26.5. The van der Waals surface area contributed by atoms with Crippen molar-refractivity contribution >= 4 is 22.0 Å². The van der Waals surface area contributed by atoms with E-state index in [4.69, 9.17) is 4.74 Å². The van der Waals surface area contributed by atoms with Gasteiger partial charge in [-0.2, -0.15) is 30.6 Å². The number of hydrogen-bond donors (Lipinski definition) is 1. The average molecular weight is 544 g/mol. The number of morpholine rings is 1. The Morgan fingerprint density at radius 2 is 1.64 bits per heavy atom. The molecule has 0 radical (unpaired) electrons. The molecule has 3 heterocycles. The highest BCUT2D eigenvalue weighted by Gasteiger charge is 2.43. The third kappa shape index (κ3) is 5.25. The lowest BCUT2D eigenvalue weighted by Crippen LogP contribution is -2.63. The van der Waals surface area contributed by atoms with Crippen LogP contribution in [0.15, 0.2) is 23.1 Å². The molecule has 0 aliphatic carbocycles. The first-order chi connectivity index (χ1) is 16.7. The van der Waals surface area contributed by atoms with Crippen molar-refractivity contribution in [1.82, 2.24) is 19.4 Å². The van der Waals surface area contributed by atoms with E-state index in [1.165, 1.54) is 9.80 Å². The summed E-state index contributed by atoms with van der Waals surface area (Å²) in [5.41, 5.74) is -3.53. The third-order valence-corrected chi connectivity index (χ3v) is 8.29. The number of alkyl halides is 6. The van der Waals surface area contributed by atoms with E-state index < -0.39 is 44.4 Å². The number of fused-ring (bicyclic) bond motifs is 1. The topological polar surface area (TPSA) is 99.3 Å². The fourth-order valence-corrected chi connectivity index (χ4v) is 6.10. The van der Waals surface area contributed by atoms with Gasteiger partial charge in [0.2, 0.25) is 15.9 Å². The first-order valence-corrected chi connectivity index (χ1v) is 12.4. The van der Waals surface area contributed by atoms with Crippen molar-refractivity contribution in [3.05, 3.63) is 29.3 Å². The second kappa shape index (κ2) is 9.37. The van der Waals surface area contributed by atoms with Gasteiger partial charge in [0, 0.05) is 39.3 Å². The first kappa shape index (κ1) is 26.5. The maximum absolute atomic E-state index is 13.5. The van der Waals surface area contributed by atoms with E-state index in [0.29, 0.717) is 25.1 Å². The van der Waals surface area contributed by atoms with Crippen LogP contribution in [0.4, 0.5) is 31.1 Å². The Kier molecular flexibility index (Phi) is 6.89. The summed E-state index contributed by atoms with van der Waals surface area (Å²) in [6.07, 6.45) is -10.2. The van der Waals surface area contributed by atoms with Crippen LogP contribution in [0.1, 0.15) is 17.5 Å². The van der Waals surface area contributed by atoms with Gasteiger partial charge in [0.15, 0.2) is 0 Å². The quantitative estimate of drug-likeness (QED) is 0.572. The molecule has 9 nitrogen and oxygen atoms in total. The molecule has 3 aliphatic rings. The van der Waals surface area contributed by atoms with Gasteiger partial charge in [0.05, 0.1) is 28.2 Å². The molecular weight excluding hydrogens is 522 g/mol. The fraction of sp³-hybridized carbons (Fsp3) is 0.600. The van der Waals surface area contributed by atoms with Crippen molar-refractivity contribution in [2.75, 3.05) is 45.9 Å². The number of amides is 3. The van der Waals surface area contributed by atoms with Crippen molar-refractivity contribution < 1.29 is 49.1 Å². The summed E-state index contributed by atoms with van der Waals surface area (Å²) in [6, 6.07) is -0.422. The average Bonchev–Trinajstić information content (AvgIpc) is 2.81. The molecule has 0 bridgehead atoms. The Morgan fingerprint density at radius 1 is 0.972 bits per heavy atom. The van der Waals surface area contributed by atoms with Crippen LogP contribution in [0, 0.1) is 0 Å². The van der Waals surface area contributed by atoms with Crippen LogP contribution < -0.4 is 5.32 Å². The molecule has 0 unspecified atom stereocenters. The minimum atomic E-state index is -5.34. The van der Waals surface area contributed by atoms with Crippen LogP contribution in [0.2, 0.25) is 0 Å². The van der Waals surface area contributed by atoms with Crippen LogP contribution in [-0.2, 0) is 31.9 Å². The Hall–Kier alpha value is -2.59. The van der Waals surface area contributed by atoms with E-state index in [1.54, 1.807) is 0 Å². The molecule has 3 aliphatic heterocycles. The molecule has 1 aromatic carbocycles. The fourth-order valence-electron chi connectivity index (χ4n) is 4.49. The number of halogens is 6. The summed E-state index contributed by atoms with van der Waals surface area (Å²) >= 11 is 0. The monoisotopic (exact) mass is 544 g/mol. The number of carbonyl (C=O) groups excluding carboxylic acids is 2. The van der Waals surface area contributed by atoms with E-state index in [-0.39, 0.29) is 63.5 Å². The van der Waals surface area contributed by atoms with Crippen LogP contribution >= 0.6 is 0 Å². The SMILES string of the molecule is O=C1CO[C@H]2CCN(C(=O)N3CCN(S(=O)(=O)c4ccc(C(F)(F)F)cc4C(F)(F)F)CC3)C[C@H]2N1. The molecule has 0 aromatic heterocycles. The van der Waals surface area contributed by atoms with Crippen molar-refractivity contribution in [3.8, 4) is 0 Å². The summed E-state index contributed by atoms with van der Waals surface area (Å²) in [6.45, 7) is -0.469. The zero-order valence-corrected chi connectivity index (χ0v) is 19.4. The lowest BCUT2D eigenvalue weighted by molar-refractivity contribution is -0.144. The number of piperidine rings is 1. The van der Waals surface area contributed by atoms with E-state index in [1.807, 2.05) is 0 Å². The minimum absolute atomic E-state index is 0.0550. The Morgan fingerprint density at radius 3 is 2.25 bits per heavy atom. The standard InChI is InChI=1S/C20H22F6N4O5S/c21-19(22,23)12-1-2-16(13(9-12)20(24,25)26)36(33,34)30-7-5-28(6-8-30)18(32)29-4-3-15-14(10-29)27-17(31)11-35-15/h1-2,9,14-15H,3-8,10-11H2,(H,27,31)/t14-,15+/m1/s1. The van der Waals surface area contributed by atoms with Crippen LogP contribution in [0.5, 0.6) is 0 Å². The van der Waals surface area contributed by atoms with Gasteiger partial charge < -0.3 is 19.9 Å². The van der Waals surface area contributed by atoms with Gasteiger partial charge in [-0.15, -0.1) is 0 Å². The highest BCUT2D eigenvalue weighted by Crippen LogP contribution is 2.39. The summed E-state index contributed by atoms with van der Waals surface area (Å²) in [5, 5.41) is 2.76. The van der Waals surface area contributed by atoms with Gasteiger partial charge in [-0.3, -0.25) is 4.79 Å². The maximum Gasteiger partial charge on any atom is 0.417 e. The van der Waals surface area contributed by atoms with Crippen molar-refractivity contribution in [2.45, 2.75) is 35.8 Å². The molecule has 0 saturated carbocycles. The van der Waals surface area contributed by atoms with Crippen molar-refractivity contribution in [3.63, 3.8) is 0 Å². The van der Waals surface area contributed by atoms with Crippen molar-refractivity contribution in [2.24, 2.45) is 0 Å². The number of ether oxygens (including phenoxy) is 1. The molecule has 200 valence electrons. The number of sulfonamides is 1. The summed E-state index contributed by atoms with van der Waals surface area (Å²) in [4.78, 5) is 26.0. The van der Waals surface area contributed by atoms with Gasteiger partial charge >= 0.3 is 18.4 Å². The molecule has 3 saturated heterocycles. The normalized spacial score (nSPS) is 24.3. The number of rotatable bonds is 2. The molecule has 3 amide bonds. The van der Waals surface area contributed by atoms with Gasteiger partial charge in [0.1, 0.15) is 6.61 Å². The highest BCUT2D eigenvalue weighted by atomic mass is 32.2. The molecule has 2 atom stereocenters. The number of nitrogens with one attached hydrogen (secondary N) is 1. The number of carbonyl (C=O) groups is 2. The molecule has 3 fully saturated rings. The predicted octanol–water partition coefficient (Wildman–Crippen LogP) is 1.74. The Labute approximate surface area is 202 Å². The molecule has 36 heavy (non-hydrogen) atoms. The molecule has 16 heteroatoms. The highest BCUT2D eigenvalue weighted by molar-refractivity contribution is 7.89. The minimum Gasteiger partial charge on any atom is -0.366 e. The molecule has 0 spiro atoms.